The fourth-order valence-corrected chi connectivity index (χ4v) is 5.48. The summed E-state index contributed by atoms with van der Waals surface area (Å²) in [4.78, 5) is 20.2. The first-order valence-corrected chi connectivity index (χ1v) is 11.2. The minimum atomic E-state index is 0.0484. The molecule has 27 heavy (non-hydrogen) atoms. The maximum absolute atomic E-state index is 12.8. The summed E-state index contributed by atoms with van der Waals surface area (Å²) in [5.74, 6) is 0.0484. The number of thioether (sulfide) groups is 1. The molecule has 140 valence electrons. The van der Waals surface area contributed by atoms with Gasteiger partial charge in [0.05, 0.1) is 31.1 Å². The first kappa shape index (κ1) is 18.7. The van der Waals surface area contributed by atoms with Gasteiger partial charge in [0.15, 0.2) is 11.0 Å². The molecule has 4 rings (SSSR count). The van der Waals surface area contributed by atoms with Gasteiger partial charge in [0.2, 0.25) is 0 Å². The van der Waals surface area contributed by atoms with Crippen LogP contribution in [0.15, 0.2) is 46.7 Å². The summed E-state index contributed by atoms with van der Waals surface area (Å²) < 4.78 is 0.677. The Hall–Kier alpha value is -1.67. The second-order valence-corrected chi connectivity index (χ2v) is 9.46. The van der Waals surface area contributed by atoms with Gasteiger partial charge in [0, 0.05) is 10.6 Å². The van der Waals surface area contributed by atoms with Crippen molar-refractivity contribution in [1.82, 2.24) is 4.90 Å². The number of quaternary nitrogens is 1. The van der Waals surface area contributed by atoms with Crippen molar-refractivity contribution in [3.05, 3.63) is 57.1 Å². The Morgan fingerprint density at radius 3 is 2.67 bits per heavy atom. The molecule has 3 heterocycles. The van der Waals surface area contributed by atoms with Crippen LogP contribution in [0.5, 0.6) is 0 Å². The monoisotopic (exact) mass is 416 g/mol. The molecule has 0 atom stereocenters. The van der Waals surface area contributed by atoms with E-state index in [4.69, 9.17) is 12.2 Å². The number of carbonyl (C=O) groups excluding carboxylic acids is 1. The summed E-state index contributed by atoms with van der Waals surface area (Å²) >= 11 is 8.54. The number of nitrogens with zero attached hydrogens (tertiary/aromatic N) is 2. The van der Waals surface area contributed by atoms with E-state index in [0.717, 1.165) is 36.0 Å². The molecule has 2 aromatic rings. The maximum atomic E-state index is 12.8. The van der Waals surface area contributed by atoms with E-state index in [9.17, 15) is 4.79 Å². The second-order valence-electron chi connectivity index (χ2n) is 6.81. The minimum absolute atomic E-state index is 0.0484. The van der Waals surface area contributed by atoms with Crippen molar-refractivity contribution in [3.8, 4) is 0 Å². The van der Waals surface area contributed by atoms with Gasteiger partial charge in [-0.05, 0) is 36.1 Å². The fourth-order valence-electron chi connectivity index (χ4n) is 3.50. The summed E-state index contributed by atoms with van der Waals surface area (Å²) in [6.45, 7) is 6.84. The Bertz CT molecular complexity index is 870. The summed E-state index contributed by atoms with van der Waals surface area (Å²) in [5, 5.41) is 2.02. The number of rotatable bonds is 4. The van der Waals surface area contributed by atoms with E-state index in [2.05, 4.69) is 36.1 Å². The standard InChI is InChI=1S/C20H21N3OS3/c1-15-5-2-3-7-17(15)22-10-8-21(9-11-22)14-23-19(24)18(27-20(23)25)13-16-6-4-12-26-16/h2-7,12-13H,8-11,14H2,1H3/p+1/b18-13-. The molecular weight excluding hydrogens is 394 g/mol. The molecule has 0 saturated carbocycles. The van der Waals surface area contributed by atoms with Gasteiger partial charge < -0.3 is 9.80 Å². The van der Waals surface area contributed by atoms with Gasteiger partial charge in [0.25, 0.3) is 5.91 Å². The van der Waals surface area contributed by atoms with Crippen LogP contribution < -0.4 is 9.80 Å². The van der Waals surface area contributed by atoms with E-state index in [1.165, 1.54) is 27.9 Å². The van der Waals surface area contributed by atoms with Crippen LogP contribution in [0.25, 0.3) is 6.08 Å². The highest BCUT2D eigenvalue weighted by molar-refractivity contribution is 8.26. The number of hydrogen-bond donors (Lipinski definition) is 1. The van der Waals surface area contributed by atoms with E-state index in [1.54, 1.807) is 16.2 Å². The molecule has 0 aliphatic carbocycles. The number of carbonyl (C=O) groups is 1. The summed E-state index contributed by atoms with van der Waals surface area (Å²) in [6.07, 6.45) is 1.95. The molecular formula is C20H22N3OS3+. The third-order valence-electron chi connectivity index (χ3n) is 5.00. The van der Waals surface area contributed by atoms with E-state index >= 15 is 0 Å². The van der Waals surface area contributed by atoms with E-state index < -0.39 is 0 Å². The Balaban J connectivity index is 1.37. The number of hydrogen-bond acceptors (Lipinski definition) is 5. The highest BCUT2D eigenvalue weighted by Crippen LogP contribution is 2.32. The van der Waals surface area contributed by atoms with Crippen LogP contribution in [0.2, 0.25) is 0 Å². The van der Waals surface area contributed by atoms with Crippen molar-refractivity contribution >= 4 is 57.3 Å². The number of thiocarbonyl (C=S) groups is 1. The van der Waals surface area contributed by atoms with Gasteiger partial charge in [-0.3, -0.25) is 4.79 Å². The number of para-hydroxylation sites is 1. The highest BCUT2D eigenvalue weighted by atomic mass is 32.2. The van der Waals surface area contributed by atoms with Crippen LogP contribution in [0.4, 0.5) is 5.69 Å². The van der Waals surface area contributed by atoms with Gasteiger partial charge in [0.1, 0.15) is 0 Å². The Kier molecular flexibility index (Phi) is 5.63. The lowest BCUT2D eigenvalue weighted by Crippen LogP contribution is -3.16. The molecule has 2 fully saturated rings. The summed E-state index contributed by atoms with van der Waals surface area (Å²) in [7, 11) is 0. The van der Waals surface area contributed by atoms with E-state index in [0.29, 0.717) is 11.0 Å². The molecule has 7 heteroatoms. The van der Waals surface area contributed by atoms with E-state index in [-0.39, 0.29) is 5.91 Å². The van der Waals surface area contributed by atoms with Gasteiger partial charge in [-0.1, -0.05) is 48.2 Å². The predicted molar refractivity (Wildman–Crippen MR) is 118 cm³/mol. The van der Waals surface area contributed by atoms with Crippen molar-refractivity contribution in [2.45, 2.75) is 6.92 Å². The minimum Gasteiger partial charge on any atom is -0.360 e. The lowest BCUT2D eigenvalue weighted by atomic mass is 10.1. The second kappa shape index (κ2) is 8.14. The maximum Gasteiger partial charge on any atom is 0.270 e. The van der Waals surface area contributed by atoms with Crippen LogP contribution in [-0.2, 0) is 4.79 Å². The molecule has 2 aliphatic rings. The lowest BCUT2D eigenvalue weighted by Gasteiger charge is -2.35. The quantitative estimate of drug-likeness (QED) is 0.613. The third-order valence-corrected chi connectivity index (χ3v) is 7.20. The number of nitrogens with one attached hydrogen (secondary N) is 1. The van der Waals surface area contributed by atoms with Crippen LogP contribution in [0.1, 0.15) is 10.4 Å². The number of piperazine rings is 1. The number of aryl methyl sites for hydroxylation is 1. The molecule has 1 N–H and O–H groups in total. The Morgan fingerprint density at radius 1 is 1.19 bits per heavy atom. The molecule has 1 aromatic carbocycles. The zero-order chi connectivity index (χ0) is 18.8. The smallest absolute Gasteiger partial charge is 0.270 e. The zero-order valence-corrected chi connectivity index (χ0v) is 17.6. The molecule has 0 radical (unpaired) electrons. The third kappa shape index (κ3) is 4.11. The molecule has 2 saturated heterocycles. The first-order chi connectivity index (χ1) is 13.1. The summed E-state index contributed by atoms with van der Waals surface area (Å²) in [6, 6.07) is 12.6. The van der Waals surface area contributed by atoms with Gasteiger partial charge in [-0.25, -0.2) is 4.90 Å². The molecule has 0 spiro atoms. The van der Waals surface area contributed by atoms with Crippen molar-refractivity contribution in [1.29, 1.82) is 0 Å². The average Bonchev–Trinajstić information content (AvgIpc) is 3.27. The number of benzene rings is 1. The van der Waals surface area contributed by atoms with E-state index in [1.807, 2.05) is 23.6 Å². The summed E-state index contributed by atoms with van der Waals surface area (Å²) in [5.41, 5.74) is 2.64. The van der Waals surface area contributed by atoms with Crippen molar-refractivity contribution in [2.24, 2.45) is 0 Å². The molecule has 4 nitrogen and oxygen atoms in total. The molecule has 0 bridgehead atoms. The number of amides is 1. The Labute approximate surface area is 173 Å². The predicted octanol–water partition coefficient (Wildman–Crippen LogP) is 2.62. The fraction of sp³-hybridized carbons (Fsp3) is 0.300. The average molecular weight is 417 g/mol. The Morgan fingerprint density at radius 2 is 1.96 bits per heavy atom. The van der Waals surface area contributed by atoms with Gasteiger partial charge >= 0.3 is 0 Å². The first-order valence-electron chi connectivity index (χ1n) is 9.05. The molecule has 1 aromatic heterocycles. The molecule has 2 aliphatic heterocycles. The van der Waals surface area contributed by atoms with Crippen LogP contribution in [0, 0.1) is 6.92 Å². The van der Waals surface area contributed by atoms with Gasteiger partial charge in [-0.2, -0.15) is 0 Å². The van der Waals surface area contributed by atoms with Crippen LogP contribution in [-0.4, -0.2) is 48.0 Å². The van der Waals surface area contributed by atoms with Crippen molar-refractivity contribution < 1.29 is 9.69 Å². The SMILES string of the molecule is Cc1ccccc1N1CC[NH+](CN2C(=O)/C(=C/c3cccs3)SC2=S)CC1. The van der Waals surface area contributed by atoms with Crippen LogP contribution in [0.3, 0.4) is 0 Å². The van der Waals surface area contributed by atoms with Crippen LogP contribution >= 0.6 is 35.3 Å². The molecule has 1 amide bonds. The van der Waals surface area contributed by atoms with Gasteiger partial charge in [-0.15, -0.1) is 11.3 Å². The topological polar surface area (TPSA) is 28.0 Å². The van der Waals surface area contributed by atoms with Crippen molar-refractivity contribution in [2.75, 3.05) is 37.7 Å². The van der Waals surface area contributed by atoms with Crippen molar-refractivity contribution in [3.63, 3.8) is 0 Å². The highest BCUT2D eigenvalue weighted by Gasteiger charge is 2.35. The lowest BCUT2D eigenvalue weighted by molar-refractivity contribution is -0.907. The molecule has 0 unspecified atom stereocenters. The number of anilines is 1. The normalized spacial score (nSPS) is 20.1. The largest absolute Gasteiger partial charge is 0.360 e. The zero-order valence-electron chi connectivity index (χ0n) is 15.2. The number of thiophene rings is 1.